The number of aryl methyl sites for hydroxylation is 1. The number of nitrogens with zero attached hydrogens (tertiary/aromatic N) is 4. The zero-order valence-corrected chi connectivity index (χ0v) is 29.8. The Kier molecular flexibility index (Phi) is 12.2. The van der Waals surface area contributed by atoms with Crippen LogP contribution < -0.4 is 69.0 Å². The van der Waals surface area contributed by atoms with Crippen molar-refractivity contribution in [2.24, 2.45) is 20.5 Å². The summed E-state index contributed by atoms with van der Waals surface area (Å²) in [6.07, 6.45) is 0. The molecule has 0 saturated carbocycles. The maximum atomic E-state index is 12.5. The van der Waals surface area contributed by atoms with E-state index in [1.165, 1.54) is 36.4 Å². The number of para-hydroxylation sites is 1. The van der Waals surface area contributed by atoms with Crippen LogP contribution >= 0.6 is 0 Å². The zero-order valence-electron chi connectivity index (χ0n) is 24.1. The van der Waals surface area contributed by atoms with Gasteiger partial charge >= 0.3 is 59.1 Å². The van der Waals surface area contributed by atoms with Crippen molar-refractivity contribution >= 4 is 53.8 Å². The van der Waals surface area contributed by atoms with Crippen LogP contribution in [0.25, 0.3) is 10.8 Å². The molecule has 0 bridgehead atoms. The number of benzene rings is 5. The normalized spacial score (nSPS) is 11.8. The van der Waals surface area contributed by atoms with Crippen molar-refractivity contribution in [1.82, 2.24) is 0 Å². The minimum Gasteiger partial charge on any atom is -0.871 e. The predicted molar refractivity (Wildman–Crippen MR) is 154 cm³/mol. The first-order valence-electron chi connectivity index (χ1n) is 12.4. The summed E-state index contributed by atoms with van der Waals surface area (Å²) in [6, 6.07) is 23.5. The van der Waals surface area contributed by atoms with Crippen molar-refractivity contribution in [3.8, 4) is 17.2 Å². The Morgan fingerprint density at radius 1 is 0.733 bits per heavy atom. The van der Waals surface area contributed by atoms with E-state index in [9.17, 15) is 31.0 Å². The summed E-state index contributed by atoms with van der Waals surface area (Å²) in [5.41, 5.74) is 1.55. The van der Waals surface area contributed by atoms with Gasteiger partial charge in [-0.25, -0.2) is 8.42 Å². The molecule has 0 heterocycles. The molecule has 1 N–H and O–H groups in total. The number of azo groups is 2. The zero-order chi connectivity index (χ0) is 30.8. The summed E-state index contributed by atoms with van der Waals surface area (Å²) in [5, 5.41) is 29.6. The van der Waals surface area contributed by atoms with E-state index in [0.29, 0.717) is 33.5 Å². The number of fused-ring (bicyclic) bond motifs is 1. The molecule has 0 fully saturated rings. The Morgan fingerprint density at radius 3 is 2.07 bits per heavy atom. The quantitative estimate of drug-likeness (QED) is 0.144. The average molecular weight is 663 g/mol. The number of ether oxygens (including phenoxy) is 1. The summed E-state index contributed by atoms with van der Waals surface area (Å²) < 4.78 is 73.4. The Labute approximate surface area is 303 Å². The van der Waals surface area contributed by atoms with Gasteiger partial charge in [-0.3, -0.25) is 4.55 Å². The van der Waals surface area contributed by atoms with Gasteiger partial charge in [-0.1, -0.05) is 42.1 Å². The van der Waals surface area contributed by atoms with Crippen molar-refractivity contribution in [3.63, 3.8) is 0 Å². The molecule has 5 aromatic carbocycles. The van der Waals surface area contributed by atoms with Crippen molar-refractivity contribution in [3.05, 3.63) is 103 Å². The summed E-state index contributed by atoms with van der Waals surface area (Å²) in [4.78, 5) is -0.898. The second kappa shape index (κ2) is 15.0. The van der Waals surface area contributed by atoms with Crippen LogP contribution in [0, 0.1) is 6.92 Å². The Hall–Kier alpha value is -3.02. The van der Waals surface area contributed by atoms with E-state index >= 15 is 0 Å². The molecule has 0 radical (unpaired) electrons. The van der Waals surface area contributed by atoms with Gasteiger partial charge in [0.1, 0.15) is 26.5 Å². The topological polar surface area (TPSA) is 193 Å². The molecular formula is C29H20N4Na2O8S2. The van der Waals surface area contributed by atoms with E-state index < -0.39 is 35.8 Å². The van der Waals surface area contributed by atoms with Crippen LogP contribution in [0.3, 0.4) is 0 Å². The van der Waals surface area contributed by atoms with Gasteiger partial charge in [0.05, 0.1) is 27.6 Å². The average Bonchev–Trinajstić information content (AvgIpc) is 2.96. The number of hydrogen-bond donors (Lipinski definition) is 1. The maximum absolute atomic E-state index is 12.5. The second-order valence-electron chi connectivity index (χ2n) is 9.14. The van der Waals surface area contributed by atoms with Crippen LogP contribution in [-0.2, 0) is 20.2 Å². The van der Waals surface area contributed by atoms with Gasteiger partial charge < -0.3 is 14.4 Å². The van der Waals surface area contributed by atoms with Gasteiger partial charge in [0, 0.05) is 5.39 Å². The van der Waals surface area contributed by atoms with Gasteiger partial charge in [0.2, 0.25) is 0 Å². The van der Waals surface area contributed by atoms with Crippen LogP contribution in [0.5, 0.6) is 17.2 Å². The van der Waals surface area contributed by atoms with Crippen LogP contribution in [-0.4, -0.2) is 25.9 Å². The molecule has 0 saturated heterocycles. The monoisotopic (exact) mass is 662 g/mol. The van der Waals surface area contributed by atoms with Crippen molar-refractivity contribution in [1.29, 1.82) is 0 Å². The molecule has 0 atom stereocenters. The standard InChI is InChI=1S/C29H22N4O8S2.2Na/c1-18-15-20(31-33-29-24-11-10-23(42(35,36)37)16-19(24)7-13-26(29)34)8-12-25(18)32-30-21-9-14-27(28(17-21)43(38,39)40)41-22-5-3-2-4-6-22;;/h2-17,34H,1H3,(H,35,36,37)(H,38,39,40);;/q;2*+1/p-2. The van der Waals surface area contributed by atoms with Crippen molar-refractivity contribution < 1.29 is 94.9 Å². The third kappa shape index (κ3) is 9.04. The molecule has 0 unspecified atom stereocenters. The fraction of sp³-hybridized carbons (Fsp3) is 0.0345. The van der Waals surface area contributed by atoms with E-state index in [1.54, 1.807) is 55.5 Å². The molecule has 0 aliphatic rings. The molecule has 0 aliphatic heterocycles. The summed E-state index contributed by atoms with van der Waals surface area (Å²) in [7, 11) is -9.31. The first-order valence-corrected chi connectivity index (χ1v) is 15.2. The van der Waals surface area contributed by atoms with Gasteiger partial charge in [0.15, 0.2) is 0 Å². The SMILES string of the molecule is Cc1cc(N=Nc2c([O-])ccc3cc(S(=O)(=O)[O-])ccc23)ccc1N=Nc1ccc(Oc2ccccc2)c(S(=O)(=O)O)c1.[Na+].[Na+]. The largest absolute Gasteiger partial charge is 1.00 e. The number of hydrogen-bond acceptors (Lipinski definition) is 11. The molecule has 12 nitrogen and oxygen atoms in total. The van der Waals surface area contributed by atoms with Gasteiger partial charge in [-0.05, 0) is 78.5 Å². The van der Waals surface area contributed by atoms with E-state index in [2.05, 4.69) is 20.5 Å². The molecule has 5 aromatic rings. The summed E-state index contributed by atoms with van der Waals surface area (Å²) >= 11 is 0. The molecule has 0 aliphatic carbocycles. The first kappa shape index (κ1) is 36.4. The molecule has 0 spiro atoms. The molecule has 0 amide bonds. The van der Waals surface area contributed by atoms with E-state index in [4.69, 9.17) is 4.74 Å². The van der Waals surface area contributed by atoms with Crippen LogP contribution in [0.4, 0.5) is 22.7 Å². The predicted octanol–water partition coefficient (Wildman–Crippen LogP) is 1.00. The Bertz CT molecular complexity index is 2150. The summed E-state index contributed by atoms with van der Waals surface area (Å²) in [6.45, 7) is 1.73. The molecule has 5 rings (SSSR count). The first-order chi connectivity index (χ1) is 20.4. The minimum absolute atomic E-state index is 0. The van der Waals surface area contributed by atoms with E-state index in [1.807, 2.05) is 0 Å². The third-order valence-electron chi connectivity index (χ3n) is 6.11. The van der Waals surface area contributed by atoms with Crippen LogP contribution in [0.2, 0.25) is 0 Å². The molecule has 0 aromatic heterocycles. The second-order valence-corrected chi connectivity index (χ2v) is 11.9. The molecule has 45 heavy (non-hydrogen) atoms. The Balaban J connectivity index is 0.00000276. The minimum atomic E-state index is -4.67. The van der Waals surface area contributed by atoms with Crippen LogP contribution in [0.15, 0.2) is 127 Å². The smallest absolute Gasteiger partial charge is 0.871 e. The van der Waals surface area contributed by atoms with Crippen LogP contribution in [0.1, 0.15) is 5.56 Å². The fourth-order valence-electron chi connectivity index (χ4n) is 4.02. The molecule has 218 valence electrons. The van der Waals surface area contributed by atoms with Gasteiger partial charge in [0.25, 0.3) is 10.1 Å². The number of rotatable bonds is 8. The summed E-state index contributed by atoms with van der Waals surface area (Å²) in [5.74, 6) is -0.146. The maximum Gasteiger partial charge on any atom is 1.00 e. The van der Waals surface area contributed by atoms with Crippen molar-refractivity contribution in [2.45, 2.75) is 16.7 Å². The fourth-order valence-corrected chi connectivity index (χ4v) is 5.16. The van der Waals surface area contributed by atoms with E-state index in [0.717, 1.165) is 12.1 Å². The molecule has 16 heteroatoms. The van der Waals surface area contributed by atoms with Gasteiger partial charge in [-0.2, -0.15) is 28.9 Å². The van der Waals surface area contributed by atoms with E-state index in [-0.39, 0.29) is 76.2 Å². The van der Waals surface area contributed by atoms with Gasteiger partial charge in [-0.15, -0.1) is 0 Å². The van der Waals surface area contributed by atoms with Crippen molar-refractivity contribution in [2.75, 3.05) is 0 Å². The third-order valence-corrected chi connectivity index (χ3v) is 7.82. The Morgan fingerprint density at radius 2 is 1.40 bits per heavy atom. The molecular weight excluding hydrogens is 642 g/mol.